The highest BCUT2D eigenvalue weighted by atomic mass is 79.9. The maximum atomic E-state index is 10.9. The number of benzene rings is 2. The summed E-state index contributed by atoms with van der Waals surface area (Å²) in [5, 5.41) is 10.9. The van der Waals surface area contributed by atoms with Gasteiger partial charge < -0.3 is 4.42 Å². The predicted octanol–water partition coefficient (Wildman–Crippen LogP) is 4.40. The molecule has 1 heterocycles. The number of fused-ring (bicyclic) bond motifs is 1. The number of aromatic nitrogens is 1. The molecule has 0 aliphatic heterocycles. The lowest BCUT2D eigenvalue weighted by molar-refractivity contribution is -0.384. The van der Waals surface area contributed by atoms with Crippen LogP contribution in [-0.2, 0) is 6.42 Å². The Hall–Kier alpha value is -2.21. The third-order valence-electron chi connectivity index (χ3n) is 3.18. The summed E-state index contributed by atoms with van der Waals surface area (Å²) in [5.74, 6) is 0.552. The number of oxazole rings is 1. The Morgan fingerprint density at radius 2 is 2.00 bits per heavy atom. The fourth-order valence-corrected chi connectivity index (χ4v) is 2.45. The molecule has 3 aromatic rings. The first kappa shape index (κ1) is 13.8. The van der Waals surface area contributed by atoms with Crippen LogP contribution in [0, 0.1) is 17.0 Å². The summed E-state index contributed by atoms with van der Waals surface area (Å²) in [6.45, 7) is 1.78. The number of nitro benzene ring substituents is 1. The second-order valence-electron chi connectivity index (χ2n) is 4.78. The van der Waals surface area contributed by atoms with Crippen LogP contribution in [0.25, 0.3) is 11.1 Å². The molecule has 5 nitrogen and oxygen atoms in total. The van der Waals surface area contributed by atoms with E-state index in [2.05, 4.69) is 20.9 Å². The monoisotopic (exact) mass is 346 g/mol. The summed E-state index contributed by atoms with van der Waals surface area (Å²) in [4.78, 5) is 14.8. The van der Waals surface area contributed by atoms with Gasteiger partial charge in [-0.1, -0.05) is 28.1 Å². The SMILES string of the molecule is Cc1cc([N+](=O)[O-])cc2nc(Cc3ccc(Br)cc3)oc12. The summed E-state index contributed by atoms with van der Waals surface area (Å²) >= 11 is 3.39. The zero-order valence-electron chi connectivity index (χ0n) is 11.2. The smallest absolute Gasteiger partial charge is 0.272 e. The maximum absolute atomic E-state index is 10.9. The Morgan fingerprint density at radius 3 is 2.67 bits per heavy atom. The number of aryl methyl sites for hydroxylation is 1. The summed E-state index contributed by atoms with van der Waals surface area (Å²) in [6.07, 6.45) is 0.551. The Labute approximate surface area is 128 Å². The molecule has 1 aromatic heterocycles. The molecule has 0 aliphatic rings. The minimum atomic E-state index is -0.421. The van der Waals surface area contributed by atoms with Gasteiger partial charge in [0.05, 0.1) is 4.92 Å². The third kappa shape index (κ3) is 2.80. The van der Waals surface area contributed by atoms with E-state index >= 15 is 0 Å². The van der Waals surface area contributed by atoms with Gasteiger partial charge >= 0.3 is 0 Å². The van der Waals surface area contributed by atoms with Gasteiger partial charge in [0.15, 0.2) is 11.5 Å². The number of halogens is 1. The van der Waals surface area contributed by atoms with Gasteiger partial charge in [-0.2, -0.15) is 0 Å². The van der Waals surface area contributed by atoms with E-state index in [1.54, 1.807) is 6.92 Å². The van der Waals surface area contributed by atoms with Gasteiger partial charge in [0.2, 0.25) is 0 Å². The fraction of sp³-hybridized carbons (Fsp3) is 0.133. The molecule has 6 heteroatoms. The van der Waals surface area contributed by atoms with Crippen LogP contribution in [0.1, 0.15) is 17.0 Å². The lowest BCUT2D eigenvalue weighted by Gasteiger charge is -1.97. The second kappa shape index (κ2) is 5.29. The van der Waals surface area contributed by atoms with Gasteiger partial charge in [0.1, 0.15) is 5.52 Å². The molecule has 0 aliphatic carbocycles. The number of hydrogen-bond donors (Lipinski definition) is 0. The summed E-state index contributed by atoms with van der Waals surface area (Å²) in [6, 6.07) is 10.8. The molecule has 0 atom stereocenters. The molecule has 0 saturated carbocycles. The quantitative estimate of drug-likeness (QED) is 0.520. The molecular weight excluding hydrogens is 336 g/mol. The minimum Gasteiger partial charge on any atom is -0.440 e. The number of nitro groups is 1. The van der Waals surface area contributed by atoms with Crippen molar-refractivity contribution in [1.82, 2.24) is 4.98 Å². The Bertz CT molecular complexity index is 825. The zero-order chi connectivity index (χ0) is 15.0. The molecule has 0 amide bonds. The standard InChI is InChI=1S/C15H11BrN2O3/c1-9-6-12(18(19)20)8-13-15(9)21-14(17-13)7-10-2-4-11(16)5-3-10/h2-6,8H,7H2,1H3. The normalized spacial score (nSPS) is 11.0. The summed E-state index contributed by atoms with van der Waals surface area (Å²) in [7, 11) is 0. The topological polar surface area (TPSA) is 69.2 Å². The van der Waals surface area contributed by atoms with Crippen LogP contribution in [0.4, 0.5) is 5.69 Å². The molecule has 0 N–H and O–H groups in total. The predicted molar refractivity (Wildman–Crippen MR) is 82.3 cm³/mol. The molecule has 0 unspecified atom stereocenters. The van der Waals surface area contributed by atoms with Gasteiger partial charge in [-0.25, -0.2) is 4.98 Å². The third-order valence-corrected chi connectivity index (χ3v) is 3.71. The zero-order valence-corrected chi connectivity index (χ0v) is 12.8. The van der Waals surface area contributed by atoms with Crippen LogP contribution in [0.3, 0.4) is 0 Å². The molecule has 21 heavy (non-hydrogen) atoms. The van der Waals surface area contributed by atoms with Crippen LogP contribution in [0.5, 0.6) is 0 Å². The van der Waals surface area contributed by atoms with E-state index in [1.807, 2.05) is 24.3 Å². The molecule has 0 radical (unpaired) electrons. The average molecular weight is 347 g/mol. The van der Waals surface area contributed by atoms with Crippen molar-refractivity contribution in [3.05, 3.63) is 68.0 Å². The first-order valence-electron chi connectivity index (χ1n) is 6.32. The van der Waals surface area contributed by atoms with Gasteiger partial charge in [-0.3, -0.25) is 10.1 Å². The van der Waals surface area contributed by atoms with Crippen molar-refractivity contribution in [3.8, 4) is 0 Å². The highest BCUT2D eigenvalue weighted by Gasteiger charge is 2.15. The summed E-state index contributed by atoms with van der Waals surface area (Å²) in [5.41, 5.74) is 2.94. The van der Waals surface area contributed by atoms with E-state index < -0.39 is 4.92 Å². The molecule has 106 valence electrons. The van der Waals surface area contributed by atoms with Crippen LogP contribution >= 0.6 is 15.9 Å². The largest absolute Gasteiger partial charge is 0.440 e. The van der Waals surface area contributed by atoms with Crippen LogP contribution < -0.4 is 0 Å². The van der Waals surface area contributed by atoms with Crippen molar-refractivity contribution in [2.75, 3.05) is 0 Å². The molecule has 3 rings (SSSR count). The van der Waals surface area contributed by atoms with E-state index in [-0.39, 0.29) is 5.69 Å². The van der Waals surface area contributed by atoms with E-state index in [4.69, 9.17) is 4.42 Å². The van der Waals surface area contributed by atoms with Gasteiger partial charge in [0, 0.05) is 28.6 Å². The number of hydrogen-bond acceptors (Lipinski definition) is 4. The molecule has 0 fully saturated rings. The van der Waals surface area contributed by atoms with E-state index in [0.717, 1.165) is 10.0 Å². The minimum absolute atomic E-state index is 0.0310. The lowest BCUT2D eigenvalue weighted by atomic mass is 10.1. The Kier molecular flexibility index (Phi) is 3.47. The number of non-ortho nitro benzene ring substituents is 1. The van der Waals surface area contributed by atoms with Crippen LogP contribution in [0.15, 0.2) is 45.3 Å². The molecule has 2 aromatic carbocycles. The number of rotatable bonds is 3. The van der Waals surface area contributed by atoms with Gasteiger partial charge in [0.25, 0.3) is 5.69 Å². The van der Waals surface area contributed by atoms with Crippen molar-refractivity contribution in [2.24, 2.45) is 0 Å². The Morgan fingerprint density at radius 1 is 1.29 bits per heavy atom. The average Bonchev–Trinajstić information content (AvgIpc) is 2.84. The van der Waals surface area contributed by atoms with Crippen molar-refractivity contribution in [3.63, 3.8) is 0 Å². The van der Waals surface area contributed by atoms with Gasteiger partial charge in [-0.05, 0) is 24.6 Å². The summed E-state index contributed by atoms with van der Waals surface area (Å²) < 4.78 is 6.73. The van der Waals surface area contributed by atoms with Crippen molar-refractivity contribution in [1.29, 1.82) is 0 Å². The molecular formula is C15H11BrN2O3. The fourth-order valence-electron chi connectivity index (χ4n) is 2.19. The van der Waals surface area contributed by atoms with E-state index in [9.17, 15) is 10.1 Å². The van der Waals surface area contributed by atoms with Gasteiger partial charge in [-0.15, -0.1) is 0 Å². The van der Waals surface area contributed by atoms with Crippen molar-refractivity contribution in [2.45, 2.75) is 13.3 Å². The highest BCUT2D eigenvalue weighted by Crippen LogP contribution is 2.26. The molecule has 0 saturated heterocycles. The molecule has 0 bridgehead atoms. The highest BCUT2D eigenvalue weighted by molar-refractivity contribution is 9.10. The first-order valence-corrected chi connectivity index (χ1v) is 7.11. The van der Waals surface area contributed by atoms with Crippen molar-refractivity contribution < 1.29 is 9.34 Å². The van der Waals surface area contributed by atoms with Crippen molar-refractivity contribution >= 4 is 32.7 Å². The number of nitrogens with zero attached hydrogens (tertiary/aromatic N) is 2. The van der Waals surface area contributed by atoms with Crippen LogP contribution in [-0.4, -0.2) is 9.91 Å². The second-order valence-corrected chi connectivity index (χ2v) is 5.69. The van der Waals surface area contributed by atoms with E-state index in [1.165, 1.54) is 12.1 Å². The van der Waals surface area contributed by atoms with E-state index in [0.29, 0.717) is 29.0 Å². The maximum Gasteiger partial charge on any atom is 0.272 e. The van der Waals surface area contributed by atoms with Crippen LogP contribution in [0.2, 0.25) is 0 Å². The first-order chi connectivity index (χ1) is 10.0. The lowest BCUT2D eigenvalue weighted by Crippen LogP contribution is -1.89. The Balaban J connectivity index is 1.99. The molecule has 0 spiro atoms.